The van der Waals surface area contributed by atoms with Gasteiger partial charge in [0, 0.05) is 18.2 Å². The Morgan fingerprint density at radius 3 is 2.79 bits per heavy atom. The van der Waals surface area contributed by atoms with Crippen molar-refractivity contribution in [2.24, 2.45) is 0 Å². The first-order valence-corrected chi connectivity index (χ1v) is 7.60. The van der Waals surface area contributed by atoms with Gasteiger partial charge in [-0.1, -0.05) is 6.92 Å². The number of rotatable bonds is 7. The van der Waals surface area contributed by atoms with Crippen molar-refractivity contribution < 1.29 is 9.90 Å². The number of hydrogen-bond donors (Lipinski definition) is 2. The standard InChI is InChI=1S/C15H30N2O2/c1-5-15(3,4)16-14(19)12(2)17-10-6-8-13(17)9-7-11-18/h12-13,18H,5-11H2,1-4H3,(H,16,19). The molecule has 0 saturated carbocycles. The van der Waals surface area contributed by atoms with Gasteiger partial charge in [0.15, 0.2) is 0 Å². The van der Waals surface area contributed by atoms with Crippen LogP contribution >= 0.6 is 0 Å². The van der Waals surface area contributed by atoms with Crippen molar-refractivity contribution in [3.8, 4) is 0 Å². The van der Waals surface area contributed by atoms with Gasteiger partial charge in [0.25, 0.3) is 0 Å². The minimum atomic E-state index is -0.133. The Kier molecular flexibility index (Phi) is 6.27. The summed E-state index contributed by atoms with van der Waals surface area (Å²) < 4.78 is 0. The number of nitrogens with one attached hydrogen (secondary N) is 1. The van der Waals surface area contributed by atoms with Gasteiger partial charge in [0.05, 0.1) is 6.04 Å². The lowest BCUT2D eigenvalue weighted by Crippen LogP contribution is -2.53. The predicted molar refractivity (Wildman–Crippen MR) is 78.0 cm³/mol. The second-order valence-corrected chi connectivity index (χ2v) is 6.30. The summed E-state index contributed by atoms with van der Waals surface area (Å²) in [5.41, 5.74) is -0.133. The van der Waals surface area contributed by atoms with E-state index in [0.717, 1.165) is 38.6 Å². The van der Waals surface area contributed by atoms with Gasteiger partial charge in [-0.05, 0) is 59.4 Å². The average molecular weight is 270 g/mol. The molecule has 1 amide bonds. The lowest BCUT2D eigenvalue weighted by Gasteiger charge is -2.33. The molecule has 1 heterocycles. The van der Waals surface area contributed by atoms with E-state index in [9.17, 15) is 4.79 Å². The first-order chi connectivity index (χ1) is 8.91. The summed E-state index contributed by atoms with van der Waals surface area (Å²) in [5.74, 6) is 0.128. The first-order valence-electron chi connectivity index (χ1n) is 7.60. The third-order valence-electron chi connectivity index (χ3n) is 4.34. The van der Waals surface area contributed by atoms with E-state index in [4.69, 9.17) is 5.11 Å². The Morgan fingerprint density at radius 1 is 1.53 bits per heavy atom. The largest absolute Gasteiger partial charge is 0.396 e. The molecule has 0 bridgehead atoms. The highest BCUT2D eigenvalue weighted by molar-refractivity contribution is 5.82. The van der Waals surface area contributed by atoms with Crippen LogP contribution < -0.4 is 5.32 Å². The normalized spacial score (nSPS) is 22.5. The number of aliphatic hydroxyl groups is 1. The van der Waals surface area contributed by atoms with Crippen LogP contribution in [0.4, 0.5) is 0 Å². The molecule has 1 fully saturated rings. The Bertz CT molecular complexity index is 292. The van der Waals surface area contributed by atoms with E-state index in [0.29, 0.717) is 6.04 Å². The molecule has 2 atom stereocenters. The highest BCUT2D eigenvalue weighted by Gasteiger charge is 2.33. The fraction of sp³-hybridized carbons (Fsp3) is 0.933. The minimum Gasteiger partial charge on any atom is -0.396 e. The van der Waals surface area contributed by atoms with Crippen LogP contribution in [-0.2, 0) is 4.79 Å². The van der Waals surface area contributed by atoms with Crippen LogP contribution in [0, 0.1) is 0 Å². The van der Waals surface area contributed by atoms with E-state index in [1.165, 1.54) is 0 Å². The molecule has 0 spiro atoms. The molecule has 2 N–H and O–H groups in total. The Morgan fingerprint density at radius 2 is 2.21 bits per heavy atom. The van der Waals surface area contributed by atoms with Gasteiger partial charge in [0.2, 0.25) is 5.91 Å². The number of nitrogens with zero attached hydrogens (tertiary/aromatic N) is 1. The zero-order valence-corrected chi connectivity index (χ0v) is 12.9. The lowest BCUT2D eigenvalue weighted by atomic mass is 10.0. The van der Waals surface area contributed by atoms with Crippen molar-refractivity contribution in [1.82, 2.24) is 10.2 Å². The zero-order valence-electron chi connectivity index (χ0n) is 12.9. The molecule has 19 heavy (non-hydrogen) atoms. The zero-order chi connectivity index (χ0) is 14.5. The van der Waals surface area contributed by atoms with Crippen LogP contribution in [0.5, 0.6) is 0 Å². The minimum absolute atomic E-state index is 0.0722. The van der Waals surface area contributed by atoms with Crippen molar-refractivity contribution in [2.75, 3.05) is 13.2 Å². The second kappa shape index (κ2) is 7.25. The molecule has 1 aliphatic rings. The van der Waals surface area contributed by atoms with Crippen molar-refractivity contribution in [2.45, 2.75) is 77.4 Å². The maximum Gasteiger partial charge on any atom is 0.237 e. The van der Waals surface area contributed by atoms with E-state index in [2.05, 4.69) is 31.0 Å². The van der Waals surface area contributed by atoms with Gasteiger partial charge in [-0.3, -0.25) is 9.69 Å². The molecule has 112 valence electrons. The van der Waals surface area contributed by atoms with Crippen LogP contribution in [0.2, 0.25) is 0 Å². The van der Waals surface area contributed by atoms with Gasteiger partial charge in [0.1, 0.15) is 0 Å². The molecule has 4 heteroatoms. The van der Waals surface area contributed by atoms with Crippen LogP contribution in [-0.4, -0.2) is 46.7 Å². The van der Waals surface area contributed by atoms with Crippen LogP contribution in [0.15, 0.2) is 0 Å². The SMILES string of the molecule is CCC(C)(C)NC(=O)C(C)N1CCCC1CCCO. The molecule has 4 nitrogen and oxygen atoms in total. The molecule has 0 radical (unpaired) electrons. The fourth-order valence-corrected chi connectivity index (χ4v) is 2.68. The average Bonchev–Trinajstić information content (AvgIpc) is 2.83. The summed E-state index contributed by atoms with van der Waals surface area (Å²) in [6.45, 7) is 9.45. The Labute approximate surface area is 117 Å². The van der Waals surface area contributed by atoms with Gasteiger partial charge < -0.3 is 10.4 Å². The summed E-state index contributed by atoms with van der Waals surface area (Å²) in [6, 6.07) is 0.384. The van der Waals surface area contributed by atoms with E-state index in [1.807, 2.05) is 6.92 Å². The maximum atomic E-state index is 12.3. The number of carbonyl (C=O) groups is 1. The molecule has 1 saturated heterocycles. The van der Waals surface area contributed by atoms with Crippen molar-refractivity contribution in [3.63, 3.8) is 0 Å². The quantitative estimate of drug-likeness (QED) is 0.743. The number of carbonyl (C=O) groups excluding carboxylic acids is 1. The highest BCUT2D eigenvalue weighted by Crippen LogP contribution is 2.24. The van der Waals surface area contributed by atoms with Crippen molar-refractivity contribution in [1.29, 1.82) is 0 Å². The molecule has 0 aromatic heterocycles. The molecule has 1 aliphatic heterocycles. The number of hydrogen-bond acceptors (Lipinski definition) is 3. The van der Waals surface area contributed by atoms with Gasteiger partial charge >= 0.3 is 0 Å². The molecule has 1 rings (SSSR count). The second-order valence-electron chi connectivity index (χ2n) is 6.30. The number of likely N-dealkylation sites (tertiary alicyclic amines) is 1. The monoisotopic (exact) mass is 270 g/mol. The van der Waals surface area contributed by atoms with Crippen molar-refractivity contribution in [3.05, 3.63) is 0 Å². The van der Waals surface area contributed by atoms with Crippen LogP contribution in [0.3, 0.4) is 0 Å². The van der Waals surface area contributed by atoms with Gasteiger partial charge in [-0.25, -0.2) is 0 Å². The van der Waals surface area contributed by atoms with Crippen LogP contribution in [0.1, 0.15) is 59.8 Å². The van der Waals surface area contributed by atoms with Gasteiger partial charge in [-0.2, -0.15) is 0 Å². The van der Waals surface area contributed by atoms with E-state index < -0.39 is 0 Å². The van der Waals surface area contributed by atoms with Gasteiger partial charge in [-0.15, -0.1) is 0 Å². The third-order valence-corrected chi connectivity index (χ3v) is 4.34. The molecule has 0 aliphatic carbocycles. The fourth-order valence-electron chi connectivity index (χ4n) is 2.68. The molecule has 0 aromatic rings. The van der Waals surface area contributed by atoms with Crippen LogP contribution in [0.25, 0.3) is 0 Å². The first kappa shape index (κ1) is 16.4. The Hall–Kier alpha value is -0.610. The lowest BCUT2D eigenvalue weighted by molar-refractivity contribution is -0.128. The smallest absolute Gasteiger partial charge is 0.237 e. The number of aliphatic hydroxyl groups excluding tert-OH is 1. The van der Waals surface area contributed by atoms with E-state index in [-0.39, 0.29) is 24.1 Å². The van der Waals surface area contributed by atoms with Crippen molar-refractivity contribution >= 4 is 5.91 Å². The topological polar surface area (TPSA) is 52.6 Å². The van der Waals surface area contributed by atoms with E-state index >= 15 is 0 Å². The summed E-state index contributed by atoms with van der Waals surface area (Å²) in [7, 11) is 0. The molecule has 2 unspecified atom stereocenters. The highest BCUT2D eigenvalue weighted by atomic mass is 16.3. The van der Waals surface area contributed by atoms with E-state index in [1.54, 1.807) is 0 Å². The molecular weight excluding hydrogens is 240 g/mol. The number of amides is 1. The molecule has 0 aromatic carbocycles. The predicted octanol–water partition coefficient (Wildman–Crippen LogP) is 1.92. The molecular formula is C15H30N2O2. The summed E-state index contributed by atoms with van der Waals surface area (Å²) in [6.07, 6.45) is 5.06. The Balaban J connectivity index is 2.55. The summed E-state index contributed by atoms with van der Waals surface area (Å²) >= 11 is 0. The maximum absolute atomic E-state index is 12.3. The summed E-state index contributed by atoms with van der Waals surface area (Å²) in [4.78, 5) is 14.6. The third kappa shape index (κ3) is 4.77. The summed E-state index contributed by atoms with van der Waals surface area (Å²) in [5, 5.41) is 12.1.